The lowest BCUT2D eigenvalue weighted by Gasteiger charge is -2.33. The van der Waals surface area contributed by atoms with Crippen molar-refractivity contribution in [3.63, 3.8) is 0 Å². The Bertz CT molecular complexity index is 463. The minimum absolute atomic E-state index is 0. The molecule has 1 heterocycles. The van der Waals surface area contributed by atoms with Gasteiger partial charge in [0.2, 0.25) is 0 Å². The monoisotopic (exact) mass is 310 g/mol. The Kier molecular flexibility index (Phi) is 5.98. The van der Waals surface area contributed by atoms with Crippen LogP contribution in [0.1, 0.15) is 11.6 Å². The Morgan fingerprint density at radius 3 is 2.05 bits per heavy atom. The van der Waals surface area contributed by atoms with E-state index in [-0.39, 0.29) is 18.5 Å². The van der Waals surface area contributed by atoms with E-state index in [9.17, 15) is 17.6 Å². The molecule has 1 aliphatic rings. The van der Waals surface area contributed by atoms with E-state index in [1.165, 1.54) is 6.08 Å². The normalized spacial score (nSPS) is 17.4. The minimum atomic E-state index is -1.39. The van der Waals surface area contributed by atoms with E-state index >= 15 is 0 Å². The summed E-state index contributed by atoms with van der Waals surface area (Å²) in [4.78, 5) is 1.73. The zero-order valence-electron chi connectivity index (χ0n) is 10.6. The van der Waals surface area contributed by atoms with Crippen LogP contribution in [0.25, 0.3) is 0 Å². The third-order valence-electron chi connectivity index (χ3n) is 3.21. The van der Waals surface area contributed by atoms with Crippen LogP contribution >= 0.6 is 12.4 Å². The zero-order valence-corrected chi connectivity index (χ0v) is 11.5. The number of halogens is 5. The summed E-state index contributed by atoms with van der Waals surface area (Å²) in [6, 6.07) is -0.668. The maximum absolute atomic E-state index is 13.8. The molecule has 1 saturated heterocycles. The second-order valence-corrected chi connectivity index (χ2v) is 4.35. The first-order chi connectivity index (χ1) is 9.06. The van der Waals surface area contributed by atoms with Gasteiger partial charge in [-0.25, -0.2) is 17.6 Å². The summed E-state index contributed by atoms with van der Waals surface area (Å²) in [5.74, 6) is -5.50. The lowest BCUT2D eigenvalue weighted by atomic mass is 10.0. The van der Waals surface area contributed by atoms with E-state index in [4.69, 9.17) is 0 Å². The predicted octanol–water partition coefficient (Wildman–Crippen LogP) is 2.80. The first kappa shape index (κ1) is 16.9. The van der Waals surface area contributed by atoms with Crippen LogP contribution < -0.4 is 5.32 Å². The third kappa shape index (κ3) is 3.13. The molecule has 0 amide bonds. The highest BCUT2D eigenvalue weighted by molar-refractivity contribution is 5.85. The summed E-state index contributed by atoms with van der Waals surface area (Å²) in [7, 11) is 0. The zero-order chi connectivity index (χ0) is 14.0. The Morgan fingerprint density at radius 1 is 1.10 bits per heavy atom. The topological polar surface area (TPSA) is 15.3 Å². The van der Waals surface area contributed by atoms with Crippen molar-refractivity contribution in [2.24, 2.45) is 0 Å². The van der Waals surface area contributed by atoms with Crippen molar-refractivity contribution in [3.05, 3.63) is 47.6 Å². The van der Waals surface area contributed by atoms with Crippen LogP contribution in [0.3, 0.4) is 0 Å². The van der Waals surface area contributed by atoms with Crippen LogP contribution in [-0.4, -0.2) is 31.1 Å². The molecule has 1 aromatic carbocycles. The van der Waals surface area contributed by atoms with E-state index in [2.05, 4.69) is 11.9 Å². The van der Waals surface area contributed by atoms with Crippen LogP contribution in [0, 0.1) is 23.3 Å². The molecule has 0 bridgehead atoms. The van der Waals surface area contributed by atoms with Gasteiger partial charge >= 0.3 is 0 Å². The average molecular weight is 311 g/mol. The summed E-state index contributed by atoms with van der Waals surface area (Å²) >= 11 is 0. The molecule has 2 rings (SSSR count). The maximum atomic E-state index is 13.8. The molecule has 1 fully saturated rings. The number of piperazine rings is 1. The summed E-state index contributed by atoms with van der Waals surface area (Å²) in [5.41, 5.74) is -0.616. The second kappa shape index (κ2) is 7.06. The molecule has 0 saturated carbocycles. The van der Waals surface area contributed by atoms with Crippen LogP contribution in [-0.2, 0) is 0 Å². The largest absolute Gasteiger partial charge is 0.314 e. The molecule has 20 heavy (non-hydrogen) atoms. The average Bonchev–Trinajstić information content (AvgIpc) is 2.42. The number of hydrogen-bond acceptors (Lipinski definition) is 2. The highest BCUT2D eigenvalue weighted by Crippen LogP contribution is 2.30. The quantitative estimate of drug-likeness (QED) is 0.525. The molecule has 1 N–H and O–H groups in total. The molecule has 2 nitrogen and oxygen atoms in total. The van der Waals surface area contributed by atoms with Gasteiger partial charge in [0.1, 0.15) is 0 Å². The van der Waals surface area contributed by atoms with Crippen molar-refractivity contribution < 1.29 is 17.6 Å². The van der Waals surface area contributed by atoms with E-state index in [0.717, 1.165) is 0 Å². The lowest BCUT2D eigenvalue weighted by molar-refractivity contribution is 0.195. The number of nitrogens with zero attached hydrogens (tertiary/aromatic N) is 1. The van der Waals surface area contributed by atoms with Crippen LogP contribution in [0.4, 0.5) is 17.6 Å². The molecule has 1 atom stereocenters. The molecule has 0 spiro atoms. The third-order valence-corrected chi connectivity index (χ3v) is 3.21. The van der Waals surface area contributed by atoms with Gasteiger partial charge < -0.3 is 5.32 Å². The van der Waals surface area contributed by atoms with Crippen LogP contribution in [0.15, 0.2) is 18.7 Å². The van der Waals surface area contributed by atoms with Gasteiger partial charge in [-0.2, -0.15) is 0 Å². The Morgan fingerprint density at radius 2 is 1.60 bits per heavy atom. The van der Waals surface area contributed by atoms with Crippen LogP contribution in [0.5, 0.6) is 0 Å². The molecule has 0 radical (unpaired) electrons. The number of hydrogen-bond donors (Lipinski definition) is 1. The first-order valence-corrected chi connectivity index (χ1v) is 5.96. The smallest absolute Gasteiger partial charge is 0.167 e. The number of nitrogens with one attached hydrogen (secondary N) is 1. The standard InChI is InChI=1S/C13H14F4N2.ClH/c1-2-10(19-5-3-18-4-6-19)11-12(16)8(14)7-9(15)13(11)17;/h2,7,10,18H,1,3-6H2;1H/t10-;/m0./s1. The van der Waals surface area contributed by atoms with Crippen molar-refractivity contribution in [1.29, 1.82) is 0 Å². The lowest BCUT2D eigenvalue weighted by Crippen LogP contribution is -2.45. The van der Waals surface area contributed by atoms with Crippen molar-refractivity contribution in [2.45, 2.75) is 6.04 Å². The van der Waals surface area contributed by atoms with Gasteiger partial charge in [-0.1, -0.05) is 6.08 Å². The molecule has 1 aliphatic heterocycles. The molecule has 0 aliphatic carbocycles. The predicted molar refractivity (Wildman–Crippen MR) is 70.9 cm³/mol. The van der Waals surface area contributed by atoms with E-state index in [1.54, 1.807) is 4.90 Å². The van der Waals surface area contributed by atoms with E-state index < -0.39 is 34.9 Å². The van der Waals surface area contributed by atoms with Gasteiger partial charge in [0.05, 0.1) is 11.6 Å². The fourth-order valence-corrected chi connectivity index (χ4v) is 2.26. The Labute approximate surface area is 120 Å². The van der Waals surface area contributed by atoms with Crippen molar-refractivity contribution in [1.82, 2.24) is 10.2 Å². The van der Waals surface area contributed by atoms with Crippen molar-refractivity contribution in [2.75, 3.05) is 26.2 Å². The van der Waals surface area contributed by atoms with E-state index in [1.807, 2.05) is 0 Å². The first-order valence-electron chi connectivity index (χ1n) is 5.96. The molecule has 0 aromatic heterocycles. The van der Waals surface area contributed by atoms with Gasteiger partial charge in [0.15, 0.2) is 23.3 Å². The summed E-state index contributed by atoms with van der Waals surface area (Å²) in [5, 5.41) is 3.09. The van der Waals surface area contributed by atoms with Gasteiger partial charge in [-0.3, -0.25) is 4.90 Å². The molecular formula is C13H15ClF4N2. The molecule has 0 unspecified atom stereocenters. The summed E-state index contributed by atoms with van der Waals surface area (Å²) < 4.78 is 54.0. The molecule has 7 heteroatoms. The SMILES string of the molecule is C=C[C@@H](c1c(F)c(F)cc(F)c1F)N1CCNCC1.Cl. The Hall–Kier alpha value is -1.11. The number of benzene rings is 1. The molecule has 1 aromatic rings. The van der Waals surface area contributed by atoms with Gasteiger partial charge in [-0.15, -0.1) is 19.0 Å². The summed E-state index contributed by atoms with van der Waals surface area (Å²) in [6.45, 7) is 5.85. The summed E-state index contributed by atoms with van der Waals surface area (Å²) in [6.07, 6.45) is 1.30. The van der Waals surface area contributed by atoms with Crippen molar-refractivity contribution >= 4 is 12.4 Å². The molecule has 112 valence electrons. The van der Waals surface area contributed by atoms with E-state index in [0.29, 0.717) is 26.2 Å². The number of rotatable bonds is 3. The minimum Gasteiger partial charge on any atom is -0.314 e. The van der Waals surface area contributed by atoms with Crippen LogP contribution in [0.2, 0.25) is 0 Å². The second-order valence-electron chi connectivity index (χ2n) is 4.35. The molecular weight excluding hydrogens is 296 g/mol. The van der Waals surface area contributed by atoms with Gasteiger partial charge in [0.25, 0.3) is 0 Å². The van der Waals surface area contributed by atoms with Gasteiger partial charge in [0, 0.05) is 32.2 Å². The fourth-order valence-electron chi connectivity index (χ4n) is 2.26. The fraction of sp³-hybridized carbons (Fsp3) is 0.385. The maximum Gasteiger partial charge on any atom is 0.167 e. The highest BCUT2D eigenvalue weighted by atomic mass is 35.5. The Balaban J connectivity index is 0.00000200. The highest BCUT2D eigenvalue weighted by Gasteiger charge is 2.29. The van der Waals surface area contributed by atoms with Gasteiger partial charge in [-0.05, 0) is 0 Å². The van der Waals surface area contributed by atoms with Crippen molar-refractivity contribution in [3.8, 4) is 0 Å².